The molecular weight excluding hydrogens is 228 g/mol. The second-order valence-corrected chi connectivity index (χ2v) is 4.49. The fourth-order valence-corrected chi connectivity index (χ4v) is 1.61. The second kappa shape index (κ2) is 7.88. The molecule has 2 atom stereocenters. The summed E-state index contributed by atoms with van der Waals surface area (Å²) in [5.41, 5.74) is 1.15. The van der Waals surface area contributed by atoms with Crippen molar-refractivity contribution in [1.29, 1.82) is 0 Å². The van der Waals surface area contributed by atoms with Gasteiger partial charge < -0.3 is 9.47 Å². The van der Waals surface area contributed by atoms with Crippen molar-refractivity contribution in [3.05, 3.63) is 35.9 Å². The maximum absolute atomic E-state index is 11.4. The lowest BCUT2D eigenvalue weighted by Gasteiger charge is -2.19. The van der Waals surface area contributed by atoms with Gasteiger partial charge in [0.05, 0.1) is 25.7 Å². The molecule has 0 amide bonds. The Kier molecular flexibility index (Phi) is 6.44. The number of carbonyl (C=O) groups is 1. The van der Waals surface area contributed by atoms with Crippen molar-refractivity contribution in [1.82, 2.24) is 0 Å². The van der Waals surface area contributed by atoms with Gasteiger partial charge in [-0.15, -0.1) is 0 Å². The molecule has 0 radical (unpaired) electrons. The van der Waals surface area contributed by atoms with Gasteiger partial charge in [0.15, 0.2) is 0 Å². The van der Waals surface area contributed by atoms with Gasteiger partial charge >= 0.3 is 5.97 Å². The van der Waals surface area contributed by atoms with Gasteiger partial charge in [0.25, 0.3) is 0 Å². The molecule has 18 heavy (non-hydrogen) atoms. The zero-order chi connectivity index (χ0) is 13.4. The lowest BCUT2D eigenvalue weighted by Crippen LogP contribution is -2.22. The van der Waals surface area contributed by atoms with E-state index in [0.29, 0.717) is 19.6 Å². The maximum atomic E-state index is 11.4. The van der Waals surface area contributed by atoms with Crippen LogP contribution in [0.4, 0.5) is 0 Å². The van der Waals surface area contributed by atoms with Crippen molar-refractivity contribution in [3.63, 3.8) is 0 Å². The van der Waals surface area contributed by atoms with Crippen LogP contribution in [0.3, 0.4) is 0 Å². The Labute approximate surface area is 109 Å². The van der Waals surface area contributed by atoms with Crippen LogP contribution < -0.4 is 0 Å². The number of benzene rings is 1. The first kappa shape index (κ1) is 14.7. The number of carbonyl (C=O) groups excluding carboxylic acids is 1. The molecule has 100 valence electrons. The average Bonchev–Trinajstić information content (AvgIpc) is 2.37. The van der Waals surface area contributed by atoms with E-state index in [1.54, 1.807) is 0 Å². The number of ether oxygens (including phenoxy) is 2. The first-order valence-corrected chi connectivity index (χ1v) is 6.44. The van der Waals surface area contributed by atoms with Crippen LogP contribution in [0, 0.1) is 5.92 Å². The number of esters is 1. The van der Waals surface area contributed by atoms with Crippen molar-refractivity contribution in [2.75, 3.05) is 6.61 Å². The first-order chi connectivity index (χ1) is 8.63. The van der Waals surface area contributed by atoms with Crippen molar-refractivity contribution in [2.24, 2.45) is 5.92 Å². The summed E-state index contributed by atoms with van der Waals surface area (Å²) in [7, 11) is 0. The zero-order valence-electron chi connectivity index (χ0n) is 11.4. The van der Waals surface area contributed by atoms with Gasteiger partial charge in [0.2, 0.25) is 0 Å². The fourth-order valence-electron chi connectivity index (χ4n) is 1.61. The van der Waals surface area contributed by atoms with E-state index in [1.165, 1.54) is 0 Å². The predicted octanol–water partition coefficient (Wildman–Crippen LogP) is 3.18. The molecule has 3 nitrogen and oxygen atoms in total. The molecular formula is C15H22O3. The van der Waals surface area contributed by atoms with E-state index in [9.17, 15) is 4.79 Å². The summed E-state index contributed by atoms with van der Waals surface area (Å²) in [6.07, 6.45) is 0.443. The van der Waals surface area contributed by atoms with Gasteiger partial charge in [-0.1, -0.05) is 37.3 Å². The molecule has 2 unspecified atom stereocenters. The van der Waals surface area contributed by atoms with Gasteiger partial charge in [-0.05, 0) is 25.3 Å². The highest BCUT2D eigenvalue weighted by molar-refractivity contribution is 5.69. The van der Waals surface area contributed by atoms with E-state index in [1.807, 2.05) is 51.1 Å². The average molecular weight is 250 g/mol. The summed E-state index contributed by atoms with van der Waals surface area (Å²) in [6, 6.07) is 10.0. The summed E-state index contributed by atoms with van der Waals surface area (Å²) in [5, 5.41) is 0. The highest BCUT2D eigenvalue weighted by Crippen LogP contribution is 2.14. The molecule has 0 aliphatic rings. The van der Waals surface area contributed by atoms with Crippen LogP contribution in [-0.4, -0.2) is 18.7 Å². The minimum atomic E-state index is -0.153. The van der Waals surface area contributed by atoms with Crippen molar-refractivity contribution in [2.45, 2.75) is 39.9 Å². The topological polar surface area (TPSA) is 35.5 Å². The molecule has 0 N–H and O–H groups in total. The van der Waals surface area contributed by atoms with Crippen molar-refractivity contribution >= 4 is 5.97 Å². The minimum absolute atomic E-state index is 0.0367. The molecule has 1 aromatic carbocycles. The number of hydrogen-bond acceptors (Lipinski definition) is 3. The van der Waals surface area contributed by atoms with E-state index in [4.69, 9.17) is 9.47 Å². The summed E-state index contributed by atoms with van der Waals surface area (Å²) in [5.74, 6) is 0.00734. The van der Waals surface area contributed by atoms with Crippen LogP contribution in [0.5, 0.6) is 0 Å². The van der Waals surface area contributed by atoms with Crippen LogP contribution in [-0.2, 0) is 20.9 Å². The van der Waals surface area contributed by atoms with E-state index in [2.05, 4.69) is 0 Å². The summed E-state index contributed by atoms with van der Waals surface area (Å²) < 4.78 is 10.7. The molecule has 1 rings (SSSR count). The number of hydrogen-bond donors (Lipinski definition) is 0. The lowest BCUT2D eigenvalue weighted by atomic mass is 10.0. The quantitative estimate of drug-likeness (QED) is 0.697. The SMILES string of the molecule is CCOC(=O)CC(C)C(C)OCc1ccccc1. The largest absolute Gasteiger partial charge is 0.466 e. The Morgan fingerprint density at radius 3 is 2.50 bits per heavy atom. The fraction of sp³-hybridized carbons (Fsp3) is 0.533. The van der Waals surface area contributed by atoms with E-state index in [0.717, 1.165) is 5.56 Å². The van der Waals surface area contributed by atoms with Gasteiger partial charge in [-0.3, -0.25) is 4.79 Å². The highest BCUT2D eigenvalue weighted by atomic mass is 16.5. The van der Waals surface area contributed by atoms with Crippen molar-refractivity contribution in [3.8, 4) is 0 Å². The Hall–Kier alpha value is -1.35. The number of rotatable bonds is 7. The lowest BCUT2D eigenvalue weighted by molar-refractivity contribution is -0.145. The predicted molar refractivity (Wildman–Crippen MR) is 71.1 cm³/mol. The molecule has 0 fully saturated rings. The molecule has 0 saturated carbocycles. The van der Waals surface area contributed by atoms with Gasteiger partial charge in [-0.25, -0.2) is 0 Å². The van der Waals surface area contributed by atoms with Gasteiger partial charge in [0.1, 0.15) is 0 Å². The van der Waals surface area contributed by atoms with Crippen LogP contribution in [0.2, 0.25) is 0 Å². The van der Waals surface area contributed by atoms with Gasteiger partial charge in [-0.2, -0.15) is 0 Å². The van der Waals surface area contributed by atoms with Crippen LogP contribution in [0.1, 0.15) is 32.8 Å². The Balaban J connectivity index is 2.31. The highest BCUT2D eigenvalue weighted by Gasteiger charge is 2.17. The molecule has 0 spiro atoms. The van der Waals surface area contributed by atoms with Crippen LogP contribution in [0.25, 0.3) is 0 Å². The Morgan fingerprint density at radius 1 is 1.22 bits per heavy atom. The van der Waals surface area contributed by atoms with Gasteiger partial charge in [0, 0.05) is 0 Å². The van der Waals surface area contributed by atoms with E-state index < -0.39 is 0 Å². The minimum Gasteiger partial charge on any atom is -0.466 e. The third-order valence-electron chi connectivity index (χ3n) is 2.95. The third kappa shape index (κ3) is 5.32. The molecule has 0 aromatic heterocycles. The molecule has 0 aliphatic heterocycles. The molecule has 3 heteroatoms. The zero-order valence-corrected chi connectivity index (χ0v) is 11.4. The standard InChI is InChI=1S/C15H22O3/c1-4-17-15(16)10-12(2)13(3)18-11-14-8-6-5-7-9-14/h5-9,12-13H,4,10-11H2,1-3H3. The van der Waals surface area contributed by atoms with Crippen molar-refractivity contribution < 1.29 is 14.3 Å². The molecule has 0 bridgehead atoms. The molecule has 0 heterocycles. The molecule has 0 aliphatic carbocycles. The second-order valence-electron chi connectivity index (χ2n) is 4.49. The monoisotopic (exact) mass is 250 g/mol. The smallest absolute Gasteiger partial charge is 0.306 e. The summed E-state index contributed by atoms with van der Waals surface area (Å²) in [6.45, 7) is 6.83. The third-order valence-corrected chi connectivity index (χ3v) is 2.95. The molecule has 0 saturated heterocycles. The summed E-state index contributed by atoms with van der Waals surface area (Å²) >= 11 is 0. The summed E-state index contributed by atoms with van der Waals surface area (Å²) in [4.78, 5) is 11.4. The van der Waals surface area contributed by atoms with E-state index in [-0.39, 0.29) is 18.0 Å². The normalized spacial score (nSPS) is 13.9. The van der Waals surface area contributed by atoms with E-state index >= 15 is 0 Å². The van der Waals surface area contributed by atoms with Crippen LogP contribution in [0.15, 0.2) is 30.3 Å². The Morgan fingerprint density at radius 2 is 1.89 bits per heavy atom. The first-order valence-electron chi connectivity index (χ1n) is 6.44. The molecule has 1 aromatic rings. The van der Waals surface area contributed by atoms with Crippen LogP contribution >= 0.6 is 0 Å². The maximum Gasteiger partial charge on any atom is 0.306 e. The Bertz CT molecular complexity index is 348.